The number of hydrogen-bond donors (Lipinski definition) is 1. The smallest absolute Gasteiger partial charge is 0.238 e. The summed E-state index contributed by atoms with van der Waals surface area (Å²) in [6.45, 7) is 0.913. The van der Waals surface area contributed by atoms with E-state index < -0.39 is 0 Å². The van der Waals surface area contributed by atoms with Gasteiger partial charge in [-0.2, -0.15) is 0 Å². The van der Waals surface area contributed by atoms with Gasteiger partial charge in [0.25, 0.3) is 0 Å². The van der Waals surface area contributed by atoms with Crippen LogP contribution in [-0.2, 0) is 4.79 Å². The molecule has 2 nitrogen and oxygen atoms in total. The van der Waals surface area contributed by atoms with Crippen molar-refractivity contribution in [2.24, 2.45) is 0 Å². The summed E-state index contributed by atoms with van der Waals surface area (Å²) in [7, 11) is 0. The third-order valence-electron chi connectivity index (χ3n) is 2.05. The molecule has 1 unspecified atom stereocenters. The van der Waals surface area contributed by atoms with Crippen LogP contribution in [0.25, 0.3) is 0 Å². The number of nitrogens with one attached hydrogen (secondary N) is 1. The minimum atomic E-state index is 0.0417. The Labute approximate surface area is 58.4 Å². The van der Waals surface area contributed by atoms with Crippen molar-refractivity contribution in [3.63, 3.8) is 0 Å². The lowest BCUT2D eigenvalue weighted by molar-refractivity contribution is -0.128. The Kier molecular flexibility index (Phi) is 1.03. The summed E-state index contributed by atoms with van der Waals surface area (Å²) >= 11 is 1.83. The van der Waals surface area contributed by atoms with Gasteiger partial charge in [-0.05, 0) is 18.6 Å². The highest BCUT2D eigenvalue weighted by Gasteiger charge is 2.48. The maximum atomic E-state index is 10.9. The van der Waals surface area contributed by atoms with Crippen molar-refractivity contribution in [2.45, 2.75) is 17.6 Å². The molecule has 0 aromatic rings. The van der Waals surface area contributed by atoms with Crippen molar-refractivity contribution in [1.29, 1.82) is 0 Å². The van der Waals surface area contributed by atoms with Crippen molar-refractivity contribution >= 4 is 17.7 Å². The summed E-state index contributed by atoms with van der Waals surface area (Å²) in [6, 6.07) is 0. The lowest BCUT2D eigenvalue weighted by Crippen LogP contribution is -2.61. The molecule has 1 amide bonds. The summed E-state index contributed by atoms with van der Waals surface area (Å²) in [5.74, 6) is 1.44. The average molecular weight is 143 g/mol. The van der Waals surface area contributed by atoms with E-state index >= 15 is 0 Å². The van der Waals surface area contributed by atoms with Crippen molar-refractivity contribution < 1.29 is 4.79 Å². The minimum Gasteiger partial charge on any atom is -0.353 e. The molecule has 0 radical (unpaired) electrons. The van der Waals surface area contributed by atoms with E-state index in [2.05, 4.69) is 5.32 Å². The van der Waals surface area contributed by atoms with E-state index in [9.17, 15) is 4.79 Å². The van der Waals surface area contributed by atoms with Crippen LogP contribution >= 0.6 is 11.8 Å². The number of rotatable bonds is 0. The molecule has 0 aromatic carbocycles. The Morgan fingerprint density at radius 1 is 1.67 bits per heavy atom. The quantitative estimate of drug-likeness (QED) is 0.497. The normalized spacial score (nSPS) is 40.7. The highest BCUT2D eigenvalue weighted by molar-refractivity contribution is 8.01. The van der Waals surface area contributed by atoms with Gasteiger partial charge in [-0.15, -0.1) is 11.8 Å². The Balaban J connectivity index is 2.14. The van der Waals surface area contributed by atoms with Gasteiger partial charge >= 0.3 is 0 Å². The monoisotopic (exact) mass is 143 g/mol. The fourth-order valence-electron chi connectivity index (χ4n) is 1.37. The second-order valence-electron chi connectivity index (χ2n) is 2.63. The van der Waals surface area contributed by atoms with Gasteiger partial charge in [-0.3, -0.25) is 4.79 Å². The van der Waals surface area contributed by atoms with Gasteiger partial charge < -0.3 is 5.32 Å². The van der Waals surface area contributed by atoms with Gasteiger partial charge in [0.05, 0.1) is 0 Å². The molecule has 0 saturated carbocycles. The minimum absolute atomic E-state index is 0.0417. The molecule has 0 bridgehead atoms. The molecule has 9 heavy (non-hydrogen) atoms. The highest BCUT2D eigenvalue weighted by atomic mass is 32.2. The van der Waals surface area contributed by atoms with Crippen molar-refractivity contribution in [3.8, 4) is 0 Å². The van der Waals surface area contributed by atoms with E-state index in [0.717, 1.165) is 13.0 Å². The molecule has 1 N–H and O–H groups in total. The van der Waals surface area contributed by atoms with Crippen LogP contribution in [0, 0.1) is 0 Å². The van der Waals surface area contributed by atoms with Gasteiger partial charge in [0.2, 0.25) is 5.91 Å². The van der Waals surface area contributed by atoms with Crippen LogP contribution in [0.3, 0.4) is 0 Å². The lowest BCUT2D eigenvalue weighted by atomic mass is 9.96. The Morgan fingerprint density at radius 3 is 2.78 bits per heavy atom. The molecule has 1 spiro atoms. The first kappa shape index (κ1) is 5.59. The van der Waals surface area contributed by atoms with E-state index in [1.165, 1.54) is 12.2 Å². The van der Waals surface area contributed by atoms with Crippen molar-refractivity contribution in [2.75, 3.05) is 12.3 Å². The zero-order valence-electron chi connectivity index (χ0n) is 5.14. The van der Waals surface area contributed by atoms with E-state index in [-0.39, 0.29) is 10.7 Å². The first-order valence-electron chi connectivity index (χ1n) is 3.26. The first-order valence-corrected chi connectivity index (χ1v) is 4.24. The van der Waals surface area contributed by atoms with Crippen LogP contribution in [0.15, 0.2) is 0 Å². The molecule has 2 saturated heterocycles. The number of hydrogen-bond acceptors (Lipinski definition) is 2. The van der Waals surface area contributed by atoms with Crippen molar-refractivity contribution in [3.05, 3.63) is 0 Å². The molecule has 2 heterocycles. The SMILES string of the molecule is O=C1NCC12CCCS2. The molecule has 3 heteroatoms. The van der Waals surface area contributed by atoms with Crippen LogP contribution in [0.2, 0.25) is 0 Å². The predicted octanol–water partition coefficient (Wildman–Crippen LogP) is 0.382. The van der Waals surface area contributed by atoms with Crippen LogP contribution in [-0.4, -0.2) is 23.0 Å². The first-order chi connectivity index (χ1) is 4.33. The maximum Gasteiger partial charge on any atom is 0.238 e. The zero-order valence-corrected chi connectivity index (χ0v) is 5.96. The summed E-state index contributed by atoms with van der Waals surface area (Å²) in [6.07, 6.45) is 2.32. The number of carbonyl (C=O) groups is 1. The van der Waals surface area contributed by atoms with Gasteiger partial charge in [0.1, 0.15) is 4.75 Å². The van der Waals surface area contributed by atoms with Gasteiger partial charge in [0, 0.05) is 6.54 Å². The zero-order chi connectivity index (χ0) is 6.32. The predicted molar refractivity (Wildman–Crippen MR) is 37.4 cm³/mol. The molecule has 2 rings (SSSR count). The molecule has 1 atom stereocenters. The van der Waals surface area contributed by atoms with Crippen LogP contribution in [0.1, 0.15) is 12.8 Å². The average Bonchev–Trinajstić information content (AvgIpc) is 2.34. The second kappa shape index (κ2) is 1.66. The van der Waals surface area contributed by atoms with E-state index in [4.69, 9.17) is 0 Å². The summed E-state index contributed by atoms with van der Waals surface area (Å²) in [4.78, 5) is 10.9. The van der Waals surface area contributed by atoms with Crippen LogP contribution in [0.4, 0.5) is 0 Å². The largest absolute Gasteiger partial charge is 0.353 e. The molecule has 50 valence electrons. The molecular weight excluding hydrogens is 134 g/mol. The Bertz CT molecular complexity index is 151. The summed E-state index contributed by atoms with van der Waals surface area (Å²) in [5, 5.41) is 2.78. The number of β-lactam (4-membered cyclic amide) rings is 1. The van der Waals surface area contributed by atoms with Crippen molar-refractivity contribution in [1.82, 2.24) is 5.32 Å². The highest BCUT2D eigenvalue weighted by Crippen LogP contribution is 2.41. The fraction of sp³-hybridized carbons (Fsp3) is 0.833. The molecule has 2 aliphatic heterocycles. The lowest BCUT2D eigenvalue weighted by Gasteiger charge is -2.35. The molecule has 2 aliphatic rings. The van der Waals surface area contributed by atoms with Gasteiger partial charge in [-0.25, -0.2) is 0 Å². The Morgan fingerprint density at radius 2 is 2.56 bits per heavy atom. The van der Waals surface area contributed by atoms with Gasteiger partial charge in [-0.1, -0.05) is 0 Å². The molecule has 2 fully saturated rings. The second-order valence-corrected chi connectivity index (χ2v) is 4.11. The standard InChI is InChI=1S/C6H9NOS/c8-5-6(4-7-5)2-1-3-9-6/h1-4H2,(H,7,8). The van der Waals surface area contributed by atoms with Gasteiger partial charge in [0.15, 0.2) is 0 Å². The van der Waals surface area contributed by atoms with Crippen LogP contribution < -0.4 is 5.32 Å². The molecule has 0 aliphatic carbocycles. The number of thioether (sulfide) groups is 1. The topological polar surface area (TPSA) is 29.1 Å². The Hall–Kier alpha value is -0.180. The fourth-order valence-corrected chi connectivity index (χ4v) is 2.72. The maximum absolute atomic E-state index is 10.9. The summed E-state index contributed by atoms with van der Waals surface area (Å²) < 4.78 is 0.0417. The number of amides is 1. The van der Waals surface area contributed by atoms with Crippen LogP contribution in [0.5, 0.6) is 0 Å². The van der Waals surface area contributed by atoms with E-state index in [0.29, 0.717) is 0 Å². The third-order valence-corrected chi connectivity index (χ3v) is 3.63. The molecule has 0 aromatic heterocycles. The third kappa shape index (κ3) is 0.611. The molecular formula is C6H9NOS. The van der Waals surface area contributed by atoms with E-state index in [1.807, 2.05) is 11.8 Å². The van der Waals surface area contributed by atoms with E-state index in [1.54, 1.807) is 0 Å². The summed E-state index contributed by atoms with van der Waals surface area (Å²) in [5.41, 5.74) is 0. The number of carbonyl (C=O) groups excluding carboxylic acids is 1.